The van der Waals surface area contributed by atoms with Crippen molar-refractivity contribution in [1.82, 2.24) is 16.0 Å². The number of aliphatic imine (C=N–C) groups is 1. The van der Waals surface area contributed by atoms with Gasteiger partial charge in [-0.1, -0.05) is 42.0 Å². The van der Waals surface area contributed by atoms with Crippen molar-refractivity contribution >= 4 is 35.8 Å². The van der Waals surface area contributed by atoms with Crippen LogP contribution in [0.5, 0.6) is 0 Å². The number of nitrogens with one attached hydrogen (secondary N) is 3. The van der Waals surface area contributed by atoms with E-state index in [9.17, 15) is 4.79 Å². The fourth-order valence-corrected chi connectivity index (χ4v) is 2.97. The van der Waals surface area contributed by atoms with Crippen LogP contribution in [0.3, 0.4) is 0 Å². The third kappa shape index (κ3) is 10.4. The molecule has 0 saturated heterocycles. The van der Waals surface area contributed by atoms with Crippen molar-refractivity contribution in [1.29, 1.82) is 0 Å². The average Bonchev–Trinajstić information content (AvgIpc) is 2.68. The zero-order chi connectivity index (χ0) is 18.5. The largest absolute Gasteiger partial charge is 0.357 e. The van der Waals surface area contributed by atoms with Gasteiger partial charge < -0.3 is 16.0 Å². The molecule has 27 heavy (non-hydrogen) atoms. The van der Waals surface area contributed by atoms with Crippen molar-refractivity contribution in [2.45, 2.75) is 52.0 Å². The predicted octanol–water partition coefficient (Wildman–Crippen LogP) is 3.76. The van der Waals surface area contributed by atoms with Crippen LogP contribution in [0.25, 0.3) is 0 Å². The monoisotopic (exact) mass is 484 g/mol. The number of guanidine groups is 1. The Bertz CT molecular complexity index is 601. The lowest BCUT2D eigenvalue weighted by Gasteiger charge is -2.15. The summed E-state index contributed by atoms with van der Waals surface area (Å²) in [7, 11) is 0. The summed E-state index contributed by atoms with van der Waals surface area (Å²) in [4.78, 5) is 16.5. The van der Waals surface area contributed by atoms with Gasteiger partial charge in [0.25, 0.3) is 0 Å². The zero-order valence-electron chi connectivity index (χ0n) is 16.3. The summed E-state index contributed by atoms with van der Waals surface area (Å²) < 4.78 is 0. The third-order valence-corrected chi connectivity index (χ3v) is 4.41. The van der Waals surface area contributed by atoms with Crippen molar-refractivity contribution in [3.8, 4) is 0 Å². The Hall–Kier alpha value is -1.57. The SMILES string of the molecule is CCNC(=NCCC(=O)NCc1ccccc1)NCCC1=CCCCC1.I. The predicted molar refractivity (Wildman–Crippen MR) is 123 cm³/mol. The van der Waals surface area contributed by atoms with Crippen molar-refractivity contribution in [3.63, 3.8) is 0 Å². The average molecular weight is 484 g/mol. The third-order valence-electron chi connectivity index (χ3n) is 4.41. The highest BCUT2D eigenvalue weighted by atomic mass is 127. The van der Waals surface area contributed by atoms with Crippen molar-refractivity contribution in [2.75, 3.05) is 19.6 Å². The maximum absolute atomic E-state index is 11.9. The van der Waals surface area contributed by atoms with Crippen LogP contribution in [0.4, 0.5) is 0 Å². The van der Waals surface area contributed by atoms with E-state index in [0.717, 1.165) is 31.0 Å². The molecule has 150 valence electrons. The van der Waals surface area contributed by atoms with E-state index in [1.54, 1.807) is 5.57 Å². The number of amides is 1. The summed E-state index contributed by atoms with van der Waals surface area (Å²) in [5.41, 5.74) is 2.66. The maximum Gasteiger partial charge on any atom is 0.222 e. The Morgan fingerprint density at radius 3 is 2.63 bits per heavy atom. The van der Waals surface area contributed by atoms with Crippen LogP contribution >= 0.6 is 24.0 Å². The van der Waals surface area contributed by atoms with Gasteiger partial charge in [0.05, 0.1) is 6.54 Å². The number of nitrogens with zero attached hydrogens (tertiary/aromatic N) is 1. The smallest absolute Gasteiger partial charge is 0.222 e. The summed E-state index contributed by atoms with van der Waals surface area (Å²) in [6.07, 6.45) is 8.95. The van der Waals surface area contributed by atoms with Crippen molar-refractivity contribution in [2.24, 2.45) is 4.99 Å². The van der Waals surface area contributed by atoms with Crippen LogP contribution in [0, 0.1) is 0 Å². The Morgan fingerprint density at radius 2 is 1.93 bits per heavy atom. The quantitative estimate of drug-likeness (QED) is 0.217. The van der Waals surface area contributed by atoms with E-state index < -0.39 is 0 Å². The van der Waals surface area contributed by atoms with Gasteiger partial charge in [-0.15, -0.1) is 24.0 Å². The number of hydrogen-bond donors (Lipinski definition) is 3. The Labute approximate surface area is 180 Å². The summed E-state index contributed by atoms with van der Waals surface area (Å²) in [6, 6.07) is 9.94. The molecule has 0 fully saturated rings. The van der Waals surface area contributed by atoms with E-state index in [1.807, 2.05) is 37.3 Å². The molecule has 6 heteroatoms. The van der Waals surface area contributed by atoms with Gasteiger partial charge in [-0.2, -0.15) is 0 Å². The fourth-order valence-electron chi connectivity index (χ4n) is 2.97. The molecular formula is C21H33IN4O. The number of carbonyl (C=O) groups excluding carboxylic acids is 1. The summed E-state index contributed by atoms with van der Waals surface area (Å²) in [5.74, 6) is 0.820. The first kappa shape index (κ1) is 23.5. The highest BCUT2D eigenvalue weighted by Crippen LogP contribution is 2.19. The molecule has 0 spiro atoms. The molecule has 2 rings (SSSR count). The van der Waals surface area contributed by atoms with Crippen LogP contribution in [0.15, 0.2) is 47.0 Å². The van der Waals surface area contributed by atoms with Gasteiger partial charge in [0.1, 0.15) is 0 Å². The lowest BCUT2D eigenvalue weighted by molar-refractivity contribution is -0.121. The normalized spacial score (nSPS) is 14.0. The first-order valence-corrected chi connectivity index (χ1v) is 9.78. The molecule has 0 unspecified atom stereocenters. The standard InChI is InChI=1S/C21H32N4O.HI/c1-2-22-21(23-15-13-18-9-5-3-6-10-18)24-16-14-20(26)25-17-19-11-7-4-8-12-19;/h4,7-9,11-12H,2-3,5-6,10,13-17H2,1H3,(H,25,26)(H2,22,23,24);1H. The van der Waals surface area contributed by atoms with Crippen LogP contribution in [-0.2, 0) is 11.3 Å². The molecular weight excluding hydrogens is 451 g/mol. The van der Waals surface area contributed by atoms with Gasteiger partial charge in [0.15, 0.2) is 5.96 Å². The Balaban J connectivity index is 0.00000364. The summed E-state index contributed by atoms with van der Waals surface area (Å²) >= 11 is 0. The van der Waals surface area contributed by atoms with Crippen molar-refractivity contribution < 1.29 is 4.79 Å². The van der Waals surface area contributed by atoms with E-state index in [0.29, 0.717) is 19.5 Å². The number of hydrogen-bond acceptors (Lipinski definition) is 2. The highest BCUT2D eigenvalue weighted by Gasteiger charge is 2.05. The molecule has 5 nitrogen and oxygen atoms in total. The maximum atomic E-state index is 11.9. The molecule has 0 aliphatic heterocycles. The van der Waals surface area contributed by atoms with E-state index in [2.05, 4.69) is 27.0 Å². The number of carbonyl (C=O) groups is 1. The minimum atomic E-state index is 0. The fraction of sp³-hybridized carbons (Fsp3) is 0.524. The lowest BCUT2D eigenvalue weighted by Crippen LogP contribution is -2.38. The molecule has 0 saturated carbocycles. The van der Waals surface area contributed by atoms with Crippen molar-refractivity contribution in [3.05, 3.63) is 47.5 Å². The van der Waals surface area contributed by atoms with Gasteiger partial charge >= 0.3 is 0 Å². The van der Waals surface area contributed by atoms with Gasteiger partial charge in [-0.25, -0.2) is 0 Å². The van der Waals surface area contributed by atoms with E-state index in [4.69, 9.17) is 0 Å². The van der Waals surface area contributed by atoms with E-state index >= 15 is 0 Å². The minimum Gasteiger partial charge on any atom is -0.357 e. The van der Waals surface area contributed by atoms with Gasteiger partial charge in [-0.05, 0) is 44.6 Å². The Morgan fingerprint density at radius 1 is 1.11 bits per heavy atom. The molecule has 1 aliphatic carbocycles. The number of benzene rings is 1. The van der Waals surface area contributed by atoms with Gasteiger partial charge in [0.2, 0.25) is 5.91 Å². The lowest BCUT2D eigenvalue weighted by atomic mass is 9.97. The molecule has 0 aromatic heterocycles. The van der Waals surface area contributed by atoms with Crippen LogP contribution in [0.2, 0.25) is 0 Å². The highest BCUT2D eigenvalue weighted by molar-refractivity contribution is 14.0. The van der Waals surface area contributed by atoms with Crippen LogP contribution in [-0.4, -0.2) is 31.5 Å². The molecule has 0 atom stereocenters. The molecule has 0 bridgehead atoms. The second kappa shape index (κ2) is 14.5. The van der Waals surface area contributed by atoms with Gasteiger partial charge in [0, 0.05) is 26.1 Å². The zero-order valence-corrected chi connectivity index (χ0v) is 18.6. The Kier molecular flexibility index (Phi) is 12.6. The molecule has 3 N–H and O–H groups in total. The molecule has 1 amide bonds. The van der Waals surface area contributed by atoms with Crippen LogP contribution < -0.4 is 16.0 Å². The first-order chi connectivity index (χ1) is 12.8. The summed E-state index contributed by atoms with van der Waals surface area (Å²) in [5, 5.41) is 9.54. The van der Waals surface area contributed by atoms with Gasteiger partial charge in [-0.3, -0.25) is 9.79 Å². The number of rotatable bonds is 9. The van der Waals surface area contributed by atoms with Crippen LogP contribution in [0.1, 0.15) is 51.0 Å². The first-order valence-electron chi connectivity index (χ1n) is 9.78. The molecule has 1 aromatic carbocycles. The number of halogens is 1. The minimum absolute atomic E-state index is 0. The molecule has 1 aliphatic rings. The van der Waals surface area contributed by atoms with E-state index in [-0.39, 0.29) is 29.9 Å². The molecule has 0 radical (unpaired) electrons. The second-order valence-corrected chi connectivity index (χ2v) is 6.56. The molecule has 1 aromatic rings. The molecule has 0 heterocycles. The second-order valence-electron chi connectivity index (χ2n) is 6.56. The topological polar surface area (TPSA) is 65.5 Å². The summed E-state index contributed by atoms with van der Waals surface area (Å²) in [6.45, 7) is 4.80. The number of allylic oxidation sites excluding steroid dienone is 1. The van der Waals surface area contributed by atoms with E-state index in [1.165, 1.54) is 25.7 Å².